The van der Waals surface area contributed by atoms with Gasteiger partial charge in [-0.1, -0.05) is 29.5 Å². The number of ketones is 1. The number of amides is 1. The van der Waals surface area contributed by atoms with Crippen molar-refractivity contribution in [1.29, 1.82) is 0 Å². The monoisotopic (exact) mass is 360 g/mol. The highest BCUT2D eigenvalue weighted by molar-refractivity contribution is 8.00. The molecule has 3 rings (SSSR count). The molecule has 0 unspecified atom stereocenters. The number of para-hydroxylation sites is 1. The zero-order chi connectivity index (χ0) is 17.1. The minimum Gasteiger partial charge on any atom is -0.301 e. The summed E-state index contributed by atoms with van der Waals surface area (Å²) in [5, 5.41) is 3.24. The van der Waals surface area contributed by atoms with Crippen LogP contribution in [0.3, 0.4) is 0 Å². The highest BCUT2D eigenvalue weighted by atomic mass is 32.2. The van der Waals surface area contributed by atoms with Gasteiger partial charge in [-0.3, -0.25) is 9.59 Å². The van der Waals surface area contributed by atoms with Crippen LogP contribution in [0.2, 0.25) is 0 Å². The van der Waals surface area contributed by atoms with E-state index in [0.717, 1.165) is 22.0 Å². The first kappa shape index (κ1) is 16.6. The molecule has 0 aliphatic heterocycles. The molecule has 0 saturated carbocycles. The van der Waals surface area contributed by atoms with E-state index in [-0.39, 0.29) is 17.4 Å². The first-order valence-electron chi connectivity index (χ1n) is 7.11. The fourth-order valence-corrected chi connectivity index (χ4v) is 3.66. The molecule has 1 amide bonds. The molecule has 2 aromatic carbocycles. The molecule has 1 aromatic heterocycles. The van der Waals surface area contributed by atoms with Gasteiger partial charge in [0, 0.05) is 10.5 Å². The van der Waals surface area contributed by atoms with Crippen LogP contribution in [0.15, 0.2) is 47.4 Å². The summed E-state index contributed by atoms with van der Waals surface area (Å²) in [6.45, 7) is 1.38. The summed E-state index contributed by atoms with van der Waals surface area (Å²) in [6, 6.07) is 11.9. The summed E-state index contributed by atoms with van der Waals surface area (Å²) < 4.78 is 14.9. The smallest absolute Gasteiger partial charge is 0.236 e. The van der Waals surface area contributed by atoms with Crippen molar-refractivity contribution in [3.8, 4) is 0 Å². The predicted molar refractivity (Wildman–Crippen MR) is 95.4 cm³/mol. The maximum absolute atomic E-state index is 13.9. The van der Waals surface area contributed by atoms with E-state index in [9.17, 15) is 14.0 Å². The van der Waals surface area contributed by atoms with Crippen molar-refractivity contribution in [3.05, 3.63) is 53.8 Å². The third-order valence-corrected chi connectivity index (χ3v) is 5.24. The zero-order valence-electron chi connectivity index (χ0n) is 12.7. The first-order valence-corrected chi connectivity index (χ1v) is 8.92. The molecule has 0 atom stereocenters. The standard InChI is InChI=1S/C17H13FN2O2S2/c1-10(21)11-6-7-14(12(18)8-11)23-9-16(22)20-17-19-13-4-2-3-5-15(13)24-17/h2-8H,9H2,1H3,(H,19,20,22). The van der Waals surface area contributed by atoms with Crippen LogP contribution in [0.4, 0.5) is 9.52 Å². The first-order chi connectivity index (χ1) is 11.5. The van der Waals surface area contributed by atoms with Gasteiger partial charge in [0.2, 0.25) is 5.91 Å². The number of hydrogen-bond donors (Lipinski definition) is 1. The second kappa shape index (κ2) is 7.11. The molecule has 24 heavy (non-hydrogen) atoms. The number of anilines is 1. The lowest BCUT2D eigenvalue weighted by Gasteiger charge is -2.04. The average molecular weight is 360 g/mol. The number of nitrogens with zero attached hydrogens (tertiary/aromatic N) is 1. The minimum atomic E-state index is -0.500. The number of nitrogens with one attached hydrogen (secondary N) is 1. The van der Waals surface area contributed by atoms with Gasteiger partial charge in [-0.25, -0.2) is 9.37 Å². The molecule has 7 heteroatoms. The second-order valence-electron chi connectivity index (χ2n) is 5.02. The Kier molecular flexibility index (Phi) is 4.92. The van der Waals surface area contributed by atoms with Crippen LogP contribution in [-0.2, 0) is 4.79 Å². The van der Waals surface area contributed by atoms with Gasteiger partial charge in [-0.05, 0) is 31.2 Å². The van der Waals surface area contributed by atoms with Crippen LogP contribution in [-0.4, -0.2) is 22.4 Å². The Hall–Kier alpha value is -2.25. The molecular formula is C17H13FN2O2S2. The van der Waals surface area contributed by atoms with Crippen LogP contribution in [0.25, 0.3) is 10.2 Å². The number of rotatable bonds is 5. The SMILES string of the molecule is CC(=O)c1ccc(SCC(=O)Nc2nc3ccccc3s2)c(F)c1. The van der Waals surface area contributed by atoms with Crippen molar-refractivity contribution in [2.75, 3.05) is 11.1 Å². The van der Waals surface area contributed by atoms with E-state index in [1.807, 2.05) is 24.3 Å². The number of halogens is 1. The molecule has 4 nitrogen and oxygen atoms in total. The van der Waals surface area contributed by atoms with Gasteiger partial charge in [0.25, 0.3) is 0 Å². The van der Waals surface area contributed by atoms with Gasteiger partial charge in [-0.2, -0.15) is 0 Å². The number of thiazole rings is 1. The Bertz CT molecular complexity index is 891. The summed E-state index contributed by atoms with van der Waals surface area (Å²) in [4.78, 5) is 27.9. The predicted octanol–water partition coefficient (Wildman–Crippen LogP) is 4.37. The molecule has 0 radical (unpaired) electrons. The lowest BCUT2D eigenvalue weighted by atomic mass is 10.1. The fourth-order valence-electron chi connectivity index (χ4n) is 2.06. The van der Waals surface area contributed by atoms with Crippen molar-refractivity contribution in [3.63, 3.8) is 0 Å². The topological polar surface area (TPSA) is 59.1 Å². The number of carbonyl (C=O) groups excluding carboxylic acids is 2. The molecular weight excluding hydrogens is 347 g/mol. The molecule has 0 bridgehead atoms. The molecule has 1 heterocycles. The van der Waals surface area contributed by atoms with Crippen LogP contribution in [0, 0.1) is 5.82 Å². The maximum Gasteiger partial charge on any atom is 0.236 e. The van der Waals surface area contributed by atoms with E-state index in [2.05, 4.69) is 10.3 Å². The molecule has 122 valence electrons. The summed E-state index contributed by atoms with van der Waals surface area (Å²) in [5.41, 5.74) is 1.15. The van der Waals surface area contributed by atoms with Crippen molar-refractivity contribution in [1.82, 2.24) is 4.98 Å². The summed E-state index contributed by atoms with van der Waals surface area (Å²) in [6.07, 6.45) is 0. The highest BCUT2D eigenvalue weighted by Crippen LogP contribution is 2.26. The maximum atomic E-state index is 13.9. The Morgan fingerprint density at radius 3 is 2.75 bits per heavy atom. The number of thioether (sulfide) groups is 1. The van der Waals surface area contributed by atoms with Crippen LogP contribution >= 0.6 is 23.1 Å². The molecule has 0 aliphatic rings. The Balaban J connectivity index is 1.62. The lowest BCUT2D eigenvalue weighted by Crippen LogP contribution is -2.13. The van der Waals surface area contributed by atoms with E-state index in [1.54, 1.807) is 6.07 Å². The van der Waals surface area contributed by atoms with Crippen molar-refractivity contribution in [2.45, 2.75) is 11.8 Å². The van der Waals surface area contributed by atoms with Gasteiger partial charge in [-0.15, -0.1) is 11.8 Å². The van der Waals surface area contributed by atoms with E-state index in [4.69, 9.17) is 0 Å². The van der Waals surface area contributed by atoms with Crippen LogP contribution in [0.5, 0.6) is 0 Å². The van der Waals surface area contributed by atoms with Gasteiger partial charge >= 0.3 is 0 Å². The second-order valence-corrected chi connectivity index (χ2v) is 7.07. The van der Waals surface area contributed by atoms with Gasteiger partial charge in [0.05, 0.1) is 16.0 Å². The molecule has 0 fully saturated rings. The Morgan fingerprint density at radius 2 is 2.04 bits per heavy atom. The summed E-state index contributed by atoms with van der Waals surface area (Å²) in [5.74, 6) is -0.889. The number of Topliss-reactive ketones (excluding diaryl/α,β-unsaturated/α-hetero) is 1. The van der Waals surface area contributed by atoms with Crippen LogP contribution < -0.4 is 5.32 Å². The Morgan fingerprint density at radius 1 is 1.25 bits per heavy atom. The number of aromatic nitrogens is 1. The number of fused-ring (bicyclic) bond motifs is 1. The van der Waals surface area contributed by atoms with E-state index in [1.165, 1.54) is 30.4 Å². The van der Waals surface area contributed by atoms with E-state index in [0.29, 0.717) is 15.6 Å². The van der Waals surface area contributed by atoms with Gasteiger partial charge in [0.15, 0.2) is 10.9 Å². The molecule has 3 aromatic rings. The molecule has 0 spiro atoms. The van der Waals surface area contributed by atoms with Crippen molar-refractivity contribution >= 4 is 50.1 Å². The van der Waals surface area contributed by atoms with E-state index >= 15 is 0 Å². The normalized spacial score (nSPS) is 10.8. The van der Waals surface area contributed by atoms with Crippen molar-refractivity contribution in [2.24, 2.45) is 0 Å². The molecule has 1 N–H and O–H groups in total. The Labute approximate surface area is 146 Å². The average Bonchev–Trinajstić information content (AvgIpc) is 2.95. The number of hydrogen-bond acceptors (Lipinski definition) is 5. The lowest BCUT2D eigenvalue weighted by molar-refractivity contribution is -0.113. The van der Waals surface area contributed by atoms with Gasteiger partial charge < -0.3 is 5.32 Å². The van der Waals surface area contributed by atoms with Gasteiger partial charge in [0.1, 0.15) is 5.82 Å². The number of benzene rings is 2. The quantitative estimate of drug-likeness (QED) is 0.542. The van der Waals surface area contributed by atoms with Crippen molar-refractivity contribution < 1.29 is 14.0 Å². The third kappa shape index (κ3) is 3.80. The van der Waals surface area contributed by atoms with Crippen LogP contribution in [0.1, 0.15) is 17.3 Å². The fraction of sp³-hybridized carbons (Fsp3) is 0.118. The highest BCUT2D eigenvalue weighted by Gasteiger charge is 2.11. The number of carbonyl (C=O) groups is 2. The molecule has 0 aliphatic carbocycles. The summed E-state index contributed by atoms with van der Waals surface area (Å²) >= 11 is 2.47. The largest absolute Gasteiger partial charge is 0.301 e. The minimum absolute atomic E-state index is 0.0618. The summed E-state index contributed by atoms with van der Waals surface area (Å²) in [7, 11) is 0. The third-order valence-electron chi connectivity index (χ3n) is 3.24. The molecule has 0 saturated heterocycles. The zero-order valence-corrected chi connectivity index (χ0v) is 14.3. The van der Waals surface area contributed by atoms with E-state index < -0.39 is 5.82 Å².